The molecule has 5 rings (SSSR count). The predicted octanol–water partition coefficient (Wildman–Crippen LogP) is 4.79. The minimum Gasteiger partial charge on any atom is -0.490 e. The Bertz CT molecular complexity index is 1750. The number of alkyl carbamates (subject to hydrolysis) is 1. The lowest BCUT2D eigenvalue weighted by atomic mass is 9.65. The molecule has 3 aromatic rings. The second kappa shape index (κ2) is 14.3. The van der Waals surface area contributed by atoms with E-state index in [9.17, 15) is 27.7 Å². The van der Waals surface area contributed by atoms with Gasteiger partial charge >= 0.3 is 6.09 Å². The molecule has 1 saturated carbocycles. The van der Waals surface area contributed by atoms with Crippen molar-refractivity contribution in [2.45, 2.75) is 40.9 Å². The second-order valence-corrected chi connectivity index (χ2v) is 13.7. The molecule has 246 valence electrons. The summed E-state index contributed by atoms with van der Waals surface area (Å²) in [5.41, 5.74) is -0.0938. The van der Waals surface area contributed by atoms with Gasteiger partial charge in [0.25, 0.3) is 0 Å². The molecular weight excluding hydrogens is 625 g/mol. The summed E-state index contributed by atoms with van der Waals surface area (Å²) in [6.45, 7) is 4.07. The summed E-state index contributed by atoms with van der Waals surface area (Å²) < 4.78 is 56.6. The number of nitrogens with one attached hydrogen (secondary N) is 1. The van der Waals surface area contributed by atoms with Crippen LogP contribution in [0.25, 0.3) is 0 Å². The molecule has 0 bridgehead atoms. The van der Waals surface area contributed by atoms with Gasteiger partial charge < -0.3 is 24.4 Å². The number of halogens is 1. The molecule has 3 aromatic carbocycles. The molecule has 2 aliphatic rings. The van der Waals surface area contributed by atoms with Crippen molar-refractivity contribution in [3.63, 3.8) is 0 Å². The van der Waals surface area contributed by atoms with E-state index in [1.165, 1.54) is 42.4 Å². The maximum Gasteiger partial charge on any atom is 0.407 e. The van der Waals surface area contributed by atoms with Crippen LogP contribution in [0, 0.1) is 23.1 Å². The van der Waals surface area contributed by atoms with Gasteiger partial charge in [-0.3, -0.25) is 4.79 Å². The third kappa shape index (κ3) is 6.95. The summed E-state index contributed by atoms with van der Waals surface area (Å²) in [5.74, 6) is -0.0735. The summed E-state index contributed by atoms with van der Waals surface area (Å²) in [6, 6.07) is 21.3. The Labute approximate surface area is 273 Å². The molecule has 0 radical (unpaired) electrons. The van der Waals surface area contributed by atoms with Gasteiger partial charge in [0.2, 0.25) is 5.91 Å². The number of sulfone groups is 1. The number of methoxy groups -OCH3 is 1. The van der Waals surface area contributed by atoms with Crippen LogP contribution in [-0.2, 0) is 24.8 Å². The molecule has 1 aliphatic carbocycles. The largest absolute Gasteiger partial charge is 0.490 e. The normalized spacial score (nSPS) is 19.0. The molecule has 0 unspecified atom stereocenters. The van der Waals surface area contributed by atoms with Gasteiger partial charge in [-0.15, -0.1) is 0 Å². The number of likely N-dealkylation sites (tertiary alicyclic amines) is 1. The lowest BCUT2D eigenvalue weighted by Crippen LogP contribution is -2.56. The summed E-state index contributed by atoms with van der Waals surface area (Å²) in [6.07, 6.45) is 2.69. The molecule has 1 heterocycles. The van der Waals surface area contributed by atoms with Crippen molar-refractivity contribution in [1.82, 2.24) is 10.2 Å². The van der Waals surface area contributed by atoms with E-state index in [0.717, 1.165) is 6.42 Å². The van der Waals surface area contributed by atoms with Crippen molar-refractivity contribution in [2.75, 3.05) is 33.4 Å². The maximum atomic E-state index is 14.5. The van der Waals surface area contributed by atoms with Gasteiger partial charge in [0, 0.05) is 25.0 Å². The standard InChI is InChI=1S/C35H36FN3O7S/c1-3-33(40)39-21-30(22-39)47(42,43)29-16-14-28(15-17-29)46-19-18-45-27-12-10-24(11-13-27)35(23-37,25-6-4-7-26(36)20-25)31-8-5-9-32(31)38-34(41)44-2/h3-4,6-7,10-17,20,30-32H,1,5,8-9,18-19,21-22H2,2H3,(H,38,41)/t31-,32-,35+/m0/s1. The van der Waals surface area contributed by atoms with Gasteiger partial charge in [-0.05, 0) is 78.6 Å². The molecule has 0 aromatic heterocycles. The molecule has 2 amide bonds. The predicted molar refractivity (Wildman–Crippen MR) is 171 cm³/mol. The lowest BCUT2D eigenvalue weighted by Gasteiger charge is -2.37. The fraction of sp³-hybridized carbons (Fsp3) is 0.343. The van der Waals surface area contributed by atoms with Crippen molar-refractivity contribution < 1.29 is 36.6 Å². The van der Waals surface area contributed by atoms with Crippen molar-refractivity contribution in [1.29, 1.82) is 5.26 Å². The van der Waals surface area contributed by atoms with Gasteiger partial charge in [-0.25, -0.2) is 17.6 Å². The number of benzene rings is 3. The molecular formula is C35H36FN3O7S. The highest BCUT2D eigenvalue weighted by Gasteiger charge is 2.49. The first-order chi connectivity index (χ1) is 22.6. The molecule has 2 fully saturated rings. The van der Waals surface area contributed by atoms with Crippen LogP contribution in [0.3, 0.4) is 0 Å². The van der Waals surface area contributed by atoms with E-state index in [2.05, 4.69) is 18.0 Å². The molecule has 3 atom stereocenters. The van der Waals surface area contributed by atoms with Crippen LogP contribution < -0.4 is 14.8 Å². The van der Waals surface area contributed by atoms with E-state index in [4.69, 9.17) is 14.2 Å². The maximum absolute atomic E-state index is 14.5. The van der Waals surface area contributed by atoms with E-state index in [-0.39, 0.29) is 49.1 Å². The zero-order chi connectivity index (χ0) is 33.6. The fourth-order valence-electron chi connectivity index (χ4n) is 6.40. The topological polar surface area (TPSA) is 135 Å². The Morgan fingerprint density at radius 2 is 1.66 bits per heavy atom. The minimum absolute atomic E-state index is 0.139. The van der Waals surface area contributed by atoms with Crippen LogP contribution in [0.15, 0.2) is 90.3 Å². The van der Waals surface area contributed by atoms with Crippen LogP contribution >= 0.6 is 0 Å². The monoisotopic (exact) mass is 661 g/mol. The molecule has 12 heteroatoms. The fourth-order valence-corrected chi connectivity index (χ4v) is 8.05. The van der Waals surface area contributed by atoms with E-state index in [1.54, 1.807) is 48.5 Å². The van der Waals surface area contributed by atoms with Crippen LogP contribution in [-0.4, -0.2) is 70.0 Å². The average molecular weight is 662 g/mol. The van der Waals surface area contributed by atoms with Crippen LogP contribution in [0.1, 0.15) is 30.4 Å². The quantitative estimate of drug-likeness (QED) is 0.216. The number of hydrogen-bond acceptors (Lipinski definition) is 8. The van der Waals surface area contributed by atoms with Gasteiger partial charge in [-0.2, -0.15) is 5.26 Å². The first-order valence-electron chi connectivity index (χ1n) is 15.3. The summed E-state index contributed by atoms with van der Waals surface area (Å²) in [5, 5.41) is 12.9. The summed E-state index contributed by atoms with van der Waals surface area (Å²) >= 11 is 0. The third-order valence-electron chi connectivity index (χ3n) is 8.87. The Balaban J connectivity index is 1.22. The SMILES string of the molecule is C=CC(=O)N1CC(S(=O)(=O)c2ccc(OCCOc3ccc([C@](C#N)(c4cccc(F)c4)[C@H]4CCC[C@@H]4NC(=O)OC)cc3)cc2)C1. The van der Waals surface area contributed by atoms with Crippen molar-refractivity contribution in [2.24, 2.45) is 5.92 Å². The summed E-state index contributed by atoms with van der Waals surface area (Å²) in [7, 11) is -2.29. The number of carbonyl (C=O) groups is 2. The molecule has 1 saturated heterocycles. The van der Waals surface area contributed by atoms with Crippen molar-refractivity contribution in [3.05, 3.63) is 102 Å². The first-order valence-corrected chi connectivity index (χ1v) is 16.8. The highest BCUT2D eigenvalue weighted by atomic mass is 32.2. The zero-order valence-electron chi connectivity index (χ0n) is 25.9. The Kier molecular flexibility index (Phi) is 10.2. The Morgan fingerprint density at radius 3 is 2.23 bits per heavy atom. The van der Waals surface area contributed by atoms with Crippen LogP contribution in [0.5, 0.6) is 11.5 Å². The number of hydrogen-bond donors (Lipinski definition) is 1. The number of amides is 2. The molecule has 1 aliphatic heterocycles. The van der Waals surface area contributed by atoms with E-state index in [1.807, 2.05) is 0 Å². The number of nitriles is 1. The number of carbonyl (C=O) groups excluding carboxylic acids is 2. The van der Waals surface area contributed by atoms with Crippen molar-refractivity contribution in [3.8, 4) is 17.6 Å². The first kappa shape index (κ1) is 33.5. The number of nitrogens with zero attached hydrogens (tertiary/aromatic N) is 2. The van der Waals surface area contributed by atoms with Crippen LogP contribution in [0.4, 0.5) is 9.18 Å². The number of rotatable bonds is 12. The molecule has 10 nitrogen and oxygen atoms in total. The van der Waals surface area contributed by atoms with Gasteiger partial charge in [-0.1, -0.05) is 37.3 Å². The number of ether oxygens (including phenoxy) is 3. The van der Waals surface area contributed by atoms with Gasteiger partial charge in [0.05, 0.1) is 18.1 Å². The average Bonchev–Trinajstić information content (AvgIpc) is 3.51. The second-order valence-electron chi connectivity index (χ2n) is 11.5. The van der Waals surface area contributed by atoms with E-state index >= 15 is 0 Å². The highest BCUT2D eigenvalue weighted by molar-refractivity contribution is 7.92. The van der Waals surface area contributed by atoms with Crippen LogP contribution in [0.2, 0.25) is 0 Å². The van der Waals surface area contributed by atoms with Gasteiger partial charge in [0.1, 0.15) is 41.2 Å². The smallest absolute Gasteiger partial charge is 0.407 e. The summed E-state index contributed by atoms with van der Waals surface area (Å²) in [4.78, 5) is 25.3. The van der Waals surface area contributed by atoms with Crippen molar-refractivity contribution >= 4 is 21.8 Å². The molecule has 1 N–H and O–H groups in total. The minimum atomic E-state index is -3.58. The Morgan fingerprint density at radius 1 is 1.02 bits per heavy atom. The van der Waals surface area contributed by atoms with E-state index < -0.39 is 32.4 Å². The lowest BCUT2D eigenvalue weighted by molar-refractivity contribution is -0.129. The Hall–Kier alpha value is -4.89. The molecule has 47 heavy (non-hydrogen) atoms. The third-order valence-corrected chi connectivity index (χ3v) is 11.0. The molecule has 0 spiro atoms. The zero-order valence-corrected chi connectivity index (χ0v) is 26.7. The van der Waals surface area contributed by atoms with E-state index in [0.29, 0.717) is 35.5 Å². The van der Waals surface area contributed by atoms with Gasteiger partial charge in [0.15, 0.2) is 9.84 Å². The highest BCUT2D eigenvalue weighted by Crippen LogP contribution is 2.47.